The summed E-state index contributed by atoms with van der Waals surface area (Å²) in [6.07, 6.45) is 1.14. The summed E-state index contributed by atoms with van der Waals surface area (Å²) in [7, 11) is 1.35. The Morgan fingerprint density at radius 1 is 1.50 bits per heavy atom. The molecule has 3 N–H and O–H groups in total. The lowest BCUT2D eigenvalue weighted by molar-refractivity contribution is 0.0974. The second-order valence-electron chi connectivity index (χ2n) is 5.31. The molecule has 0 saturated heterocycles. The first-order chi connectivity index (χ1) is 12.5. The molecule has 0 spiro atoms. The van der Waals surface area contributed by atoms with Crippen molar-refractivity contribution in [2.75, 3.05) is 20.2 Å². The number of aromatic nitrogens is 1. The van der Waals surface area contributed by atoms with E-state index in [0.29, 0.717) is 13.1 Å². The highest BCUT2D eigenvalue weighted by atomic mass is 19.1. The monoisotopic (exact) mass is 355 g/mol. The van der Waals surface area contributed by atoms with E-state index in [-0.39, 0.29) is 39.7 Å². The van der Waals surface area contributed by atoms with Crippen LogP contribution in [0.5, 0.6) is 11.5 Å². The number of guanidine groups is 1. The number of rotatable bonds is 3. The zero-order chi connectivity index (χ0) is 18.7. The predicted molar refractivity (Wildman–Crippen MR) is 90.3 cm³/mol. The number of nitrogens with one attached hydrogen (secondary N) is 2. The van der Waals surface area contributed by atoms with Gasteiger partial charge < -0.3 is 15.2 Å². The van der Waals surface area contributed by atoms with Crippen LogP contribution in [0.3, 0.4) is 0 Å². The topological polar surface area (TPSA) is 120 Å². The number of hydrogen-bond donors (Lipinski definition) is 3. The van der Waals surface area contributed by atoms with Crippen molar-refractivity contribution in [3.05, 3.63) is 41.5 Å². The lowest BCUT2D eigenvalue weighted by atomic mass is 9.93. The Morgan fingerprint density at radius 3 is 2.96 bits per heavy atom. The molecule has 8 nitrogen and oxygen atoms in total. The number of hydrogen-bond acceptors (Lipinski definition) is 7. The number of aromatic hydroxyl groups is 1. The molecule has 0 fully saturated rings. The van der Waals surface area contributed by atoms with Crippen LogP contribution >= 0.6 is 0 Å². The van der Waals surface area contributed by atoms with E-state index in [2.05, 4.69) is 20.6 Å². The number of nitrogens with zero attached hydrogens (tertiary/aromatic N) is 3. The minimum Gasteiger partial charge on any atom is -0.507 e. The van der Waals surface area contributed by atoms with Gasteiger partial charge in [-0.25, -0.2) is 4.98 Å². The number of carbonyl (C=O) groups is 1. The second-order valence-corrected chi connectivity index (χ2v) is 5.31. The Kier molecular flexibility index (Phi) is 4.66. The third kappa shape index (κ3) is 3.12. The average molecular weight is 355 g/mol. The van der Waals surface area contributed by atoms with E-state index < -0.39 is 11.9 Å². The molecule has 0 atom stereocenters. The smallest absolute Gasteiger partial charge is 0.262 e. The van der Waals surface area contributed by atoms with Crippen molar-refractivity contribution in [2.45, 2.75) is 0 Å². The molecule has 26 heavy (non-hydrogen) atoms. The van der Waals surface area contributed by atoms with Gasteiger partial charge in [0, 0.05) is 23.7 Å². The fraction of sp³-hybridized carbons (Fsp3) is 0.176. The van der Waals surface area contributed by atoms with Gasteiger partial charge in [-0.05, 0) is 12.1 Å². The van der Waals surface area contributed by atoms with Crippen molar-refractivity contribution in [1.82, 2.24) is 15.6 Å². The van der Waals surface area contributed by atoms with Crippen LogP contribution in [0, 0.1) is 17.3 Å². The van der Waals surface area contributed by atoms with Crippen LogP contribution in [-0.2, 0) is 0 Å². The number of phenolic OH excluding ortho intramolecular Hbond substituents is 1. The van der Waals surface area contributed by atoms with Gasteiger partial charge in [0.05, 0.1) is 37.0 Å². The number of pyridine rings is 1. The summed E-state index contributed by atoms with van der Waals surface area (Å²) < 4.78 is 18.9. The number of phenols is 1. The van der Waals surface area contributed by atoms with E-state index in [1.807, 2.05) is 6.07 Å². The van der Waals surface area contributed by atoms with Crippen LogP contribution in [0.4, 0.5) is 4.39 Å². The Morgan fingerprint density at radius 2 is 2.31 bits per heavy atom. The second kappa shape index (κ2) is 7.06. The van der Waals surface area contributed by atoms with E-state index in [1.54, 1.807) is 0 Å². The van der Waals surface area contributed by atoms with Crippen LogP contribution in [0.25, 0.3) is 11.1 Å². The molecule has 1 aromatic heterocycles. The normalized spacial score (nSPS) is 12.7. The van der Waals surface area contributed by atoms with E-state index in [1.165, 1.54) is 19.2 Å². The summed E-state index contributed by atoms with van der Waals surface area (Å²) in [6.45, 7) is 1.09. The number of benzene rings is 1. The molecule has 0 unspecified atom stereocenters. The maximum Gasteiger partial charge on any atom is 0.262 e. The molecule has 3 rings (SSSR count). The fourth-order valence-corrected chi connectivity index (χ4v) is 2.62. The minimum atomic E-state index is -0.818. The number of aliphatic imine (C=N–C) groups is 1. The summed E-state index contributed by atoms with van der Waals surface area (Å²) in [5.74, 6) is -1.47. The van der Waals surface area contributed by atoms with Gasteiger partial charge >= 0.3 is 0 Å². The van der Waals surface area contributed by atoms with E-state index in [9.17, 15) is 19.6 Å². The number of carbonyl (C=O) groups excluding carboxylic acids is 1. The molecule has 2 heterocycles. The number of nitriles is 1. The molecule has 1 aromatic carbocycles. The molecular formula is C17H14FN5O3. The SMILES string of the molecule is COc1cnc(F)cc1-c1c(C#N)ccc(O)c1C(=O)NC1=NCCN1. The number of methoxy groups -OCH3 is 1. The molecular weight excluding hydrogens is 341 g/mol. The Labute approximate surface area is 148 Å². The van der Waals surface area contributed by atoms with Gasteiger partial charge in [0.25, 0.3) is 5.91 Å². The van der Waals surface area contributed by atoms with Crippen molar-refractivity contribution < 1.29 is 19.0 Å². The minimum absolute atomic E-state index is 0.0433. The molecule has 0 saturated carbocycles. The summed E-state index contributed by atoms with van der Waals surface area (Å²) in [6, 6.07) is 5.55. The van der Waals surface area contributed by atoms with Gasteiger partial charge in [0.2, 0.25) is 5.95 Å². The highest BCUT2D eigenvalue weighted by Gasteiger charge is 2.25. The van der Waals surface area contributed by atoms with Crippen molar-refractivity contribution in [1.29, 1.82) is 5.26 Å². The molecule has 1 aliphatic heterocycles. The predicted octanol–water partition coefficient (Wildman–Crippen LogP) is 1.16. The first-order valence-electron chi connectivity index (χ1n) is 7.60. The number of halogens is 1. The Hall–Kier alpha value is -3.67. The van der Waals surface area contributed by atoms with Crippen molar-refractivity contribution in [3.63, 3.8) is 0 Å². The fourth-order valence-electron chi connectivity index (χ4n) is 2.62. The van der Waals surface area contributed by atoms with Gasteiger partial charge in [0.15, 0.2) is 5.96 Å². The summed E-state index contributed by atoms with van der Waals surface area (Å²) in [5.41, 5.74) is 0.0446. The number of amides is 1. The quantitative estimate of drug-likeness (QED) is 0.711. The van der Waals surface area contributed by atoms with Gasteiger partial charge in [-0.15, -0.1) is 0 Å². The van der Waals surface area contributed by atoms with Crippen LogP contribution in [0.1, 0.15) is 15.9 Å². The summed E-state index contributed by atoms with van der Waals surface area (Å²) in [4.78, 5) is 20.3. The van der Waals surface area contributed by atoms with E-state index in [0.717, 1.165) is 12.3 Å². The van der Waals surface area contributed by atoms with Crippen LogP contribution in [0.2, 0.25) is 0 Å². The molecule has 0 bridgehead atoms. The first kappa shape index (κ1) is 17.2. The molecule has 0 aliphatic carbocycles. The van der Waals surface area contributed by atoms with Crippen LogP contribution in [0.15, 0.2) is 29.4 Å². The van der Waals surface area contributed by atoms with Crippen molar-refractivity contribution in [3.8, 4) is 28.7 Å². The molecule has 132 valence electrons. The highest BCUT2D eigenvalue weighted by Crippen LogP contribution is 2.38. The largest absolute Gasteiger partial charge is 0.507 e. The molecule has 2 aromatic rings. The standard InChI is InChI=1S/C17H14FN5O3/c1-26-12-8-22-13(18)6-10(12)14-9(7-19)2-3-11(24)15(14)16(25)23-17-20-4-5-21-17/h2-3,6,8,24H,4-5H2,1H3,(H2,20,21,23,25). The lowest BCUT2D eigenvalue weighted by Gasteiger charge is -2.16. The number of ether oxygens (including phenoxy) is 1. The van der Waals surface area contributed by atoms with Gasteiger partial charge in [-0.1, -0.05) is 0 Å². The van der Waals surface area contributed by atoms with E-state index >= 15 is 0 Å². The first-order valence-corrected chi connectivity index (χ1v) is 7.60. The van der Waals surface area contributed by atoms with Crippen LogP contribution in [-0.4, -0.2) is 42.2 Å². The molecule has 1 aliphatic rings. The maximum atomic E-state index is 13.7. The zero-order valence-corrected chi connectivity index (χ0v) is 13.7. The van der Waals surface area contributed by atoms with Gasteiger partial charge in [0.1, 0.15) is 11.5 Å². The van der Waals surface area contributed by atoms with Gasteiger partial charge in [-0.2, -0.15) is 9.65 Å². The lowest BCUT2D eigenvalue weighted by Crippen LogP contribution is -2.38. The average Bonchev–Trinajstić information content (AvgIpc) is 3.14. The molecule has 9 heteroatoms. The van der Waals surface area contributed by atoms with E-state index in [4.69, 9.17) is 4.74 Å². The third-order valence-corrected chi connectivity index (χ3v) is 3.76. The molecule has 0 radical (unpaired) electrons. The third-order valence-electron chi connectivity index (χ3n) is 3.76. The highest BCUT2D eigenvalue weighted by molar-refractivity contribution is 6.12. The molecule has 1 amide bonds. The summed E-state index contributed by atoms with van der Waals surface area (Å²) in [5, 5.41) is 25.1. The summed E-state index contributed by atoms with van der Waals surface area (Å²) >= 11 is 0. The van der Waals surface area contributed by atoms with Crippen LogP contribution < -0.4 is 15.4 Å². The Bertz CT molecular complexity index is 952. The van der Waals surface area contributed by atoms with Crippen molar-refractivity contribution in [2.24, 2.45) is 4.99 Å². The van der Waals surface area contributed by atoms with Gasteiger partial charge in [-0.3, -0.25) is 15.1 Å². The maximum absolute atomic E-state index is 13.7. The zero-order valence-electron chi connectivity index (χ0n) is 13.7. The van der Waals surface area contributed by atoms with Crippen molar-refractivity contribution >= 4 is 11.9 Å². The Balaban J connectivity index is 2.21.